The first kappa shape index (κ1) is 26.2. The average molecular weight is 541 g/mol. The minimum Gasteiger partial charge on any atom is -0.493 e. The van der Waals surface area contributed by atoms with Gasteiger partial charge in [-0.25, -0.2) is 14.2 Å². The molecule has 0 atom stereocenters. The molecule has 3 aromatic rings. The summed E-state index contributed by atoms with van der Waals surface area (Å²) in [7, 11) is 3.08. The highest BCUT2D eigenvalue weighted by Crippen LogP contribution is 2.39. The first-order valence-electron chi connectivity index (χ1n) is 11.0. The molecule has 1 aliphatic heterocycles. The molecule has 3 aromatic carbocycles. The fraction of sp³-hybridized carbons (Fsp3) is 0.148. The standard InChI is InChI=1S/C27H22ClFN2O5S/c1-15-19(26(33)34)5-4-6-21(15)30-27-31(2)25(32)23(37-27)13-17-11-20(28)24(22(12-17)35-3)36-14-16-7-9-18(29)10-8-16/h4-13H,14H2,1-3H3,(H,33,34)/b23-13-,30-27?. The zero-order chi connectivity index (χ0) is 26.7. The molecule has 0 unspecified atom stereocenters. The van der Waals surface area contributed by atoms with Crippen molar-refractivity contribution in [1.82, 2.24) is 4.90 Å². The number of carboxylic acids is 1. The van der Waals surface area contributed by atoms with Gasteiger partial charge in [0.25, 0.3) is 5.91 Å². The van der Waals surface area contributed by atoms with Crippen LogP contribution in [0.2, 0.25) is 5.02 Å². The summed E-state index contributed by atoms with van der Waals surface area (Å²) in [6.45, 7) is 1.84. The minimum absolute atomic E-state index is 0.151. The molecular formula is C27H22ClFN2O5S. The van der Waals surface area contributed by atoms with Crippen LogP contribution < -0.4 is 9.47 Å². The number of aliphatic imine (C=N–C) groups is 1. The Morgan fingerprint density at radius 3 is 2.62 bits per heavy atom. The highest BCUT2D eigenvalue weighted by atomic mass is 35.5. The molecule has 190 valence electrons. The number of halogens is 2. The largest absolute Gasteiger partial charge is 0.493 e. The van der Waals surface area contributed by atoms with Gasteiger partial charge < -0.3 is 14.6 Å². The van der Waals surface area contributed by atoms with Gasteiger partial charge in [-0.05, 0) is 77.9 Å². The molecule has 0 aromatic heterocycles. The molecule has 1 aliphatic rings. The Balaban J connectivity index is 1.59. The molecule has 1 fully saturated rings. The van der Waals surface area contributed by atoms with Crippen molar-refractivity contribution in [2.24, 2.45) is 4.99 Å². The van der Waals surface area contributed by atoms with Gasteiger partial charge in [0, 0.05) is 7.05 Å². The quantitative estimate of drug-likeness (QED) is 0.353. The summed E-state index contributed by atoms with van der Waals surface area (Å²) < 4.78 is 24.4. The number of thioether (sulfide) groups is 1. The Morgan fingerprint density at radius 2 is 1.95 bits per heavy atom. The SMILES string of the molecule is COc1cc(/C=C2\SC(=Nc3cccc(C(=O)O)c3C)N(C)C2=O)cc(Cl)c1OCc1ccc(F)cc1. The fourth-order valence-corrected chi connectivity index (χ4v) is 4.84. The lowest BCUT2D eigenvalue weighted by Gasteiger charge is -2.13. The lowest BCUT2D eigenvalue weighted by atomic mass is 10.1. The zero-order valence-electron chi connectivity index (χ0n) is 20.1. The van der Waals surface area contributed by atoms with Crippen LogP contribution in [0.1, 0.15) is 27.0 Å². The van der Waals surface area contributed by atoms with E-state index in [0.29, 0.717) is 38.4 Å². The van der Waals surface area contributed by atoms with Crippen molar-refractivity contribution in [1.29, 1.82) is 0 Å². The number of amidine groups is 1. The van der Waals surface area contributed by atoms with Gasteiger partial charge in [-0.3, -0.25) is 9.69 Å². The Morgan fingerprint density at radius 1 is 1.22 bits per heavy atom. The average Bonchev–Trinajstić information content (AvgIpc) is 3.12. The number of hydrogen-bond acceptors (Lipinski definition) is 6. The molecule has 0 bridgehead atoms. The number of amides is 1. The number of carboxylic acid groups (broad SMARTS) is 1. The lowest BCUT2D eigenvalue weighted by molar-refractivity contribution is -0.121. The van der Waals surface area contributed by atoms with Crippen molar-refractivity contribution < 1.29 is 28.6 Å². The second kappa shape index (κ2) is 11.1. The number of methoxy groups -OCH3 is 1. The minimum atomic E-state index is -1.04. The van der Waals surface area contributed by atoms with Gasteiger partial charge in [-0.15, -0.1) is 0 Å². The van der Waals surface area contributed by atoms with Gasteiger partial charge >= 0.3 is 5.97 Å². The van der Waals surface area contributed by atoms with E-state index in [1.807, 2.05) is 0 Å². The van der Waals surface area contributed by atoms with Crippen LogP contribution in [0.5, 0.6) is 11.5 Å². The van der Waals surface area contributed by atoms with Gasteiger partial charge in [-0.2, -0.15) is 0 Å². The van der Waals surface area contributed by atoms with Gasteiger partial charge in [-0.1, -0.05) is 29.8 Å². The second-order valence-corrected chi connectivity index (χ2v) is 9.49. The Kier molecular flexibility index (Phi) is 7.85. The molecule has 0 aliphatic carbocycles. The molecular weight excluding hydrogens is 519 g/mol. The van der Waals surface area contributed by atoms with Crippen molar-refractivity contribution in [2.45, 2.75) is 13.5 Å². The van der Waals surface area contributed by atoms with E-state index in [9.17, 15) is 19.1 Å². The summed E-state index contributed by atoms with van der Waals surface area (Å²) in [4.78, 5) is 30.7. The molecule has 10 heteroatoms. The highest BCUT2D eigenvalue weighted by Gasteiger charge is 2.31. The number of hydrogen-bond donors (Lipinski definition) is 1. The first-order chi connectivity index (χ1) is 17.7. The normalized spacial score (nSPS) is 15.5. The summed E-state index contributed by atoms with van der Waals surface area (Å²) in [5.41, 5.74) is 2.51. The van der Waals surface area contributed by atoms with Crippen LogP contribution in [-0.2, 0) is 11.4 Å². The third-order valence-electron chi connectivity index (χ3n) is 5.60. The summed E-state index contributed by atoms with van der Waals surface area (Å²) in [6.07, 6.45) is 1.67. The first-order valence-corrected chi connectivity index (χ1v) is 12.2. The van der Waals surface area contributed by atoms with E-state index < -0.39 is 5.97 Å². The predicted octanol–water partition coefficient (Wildman–Crippen LogP) is 6.31. The summed E-state index contributed by atoms with van der Waals surface area (Å²) in [5.74, 6) is -0.935. The second-order valence-electron chi connectivity index (χ2n) is 8.07. The smallest absolute Gasteiger partial charge is 0.336 e. The van der Waals surface area contributed by atoms with Crippen LogP contribution in [0.3, 0.4) is 0 Å². The van der Waals surface area contributed by atoms with E-state index in [2.05, 4.69) is 4.99 Å². The molecule has 1 N–H and O–H groups in total. The molecule has 1 saturated heterocycles. The molecule has 4 rings (SSSR count). The van der Waals surface area contributed by atoms with Crippen molar-refractivity contribution in [3.8, 4) is 11.5 Å². The van der Waals surface area contributed by atoms with Crippen molar-refractivity contribution >= 4 is 52.2 Å². The van der Waals surface area contributed by atoms with E-state index >= 15 is 0 Å². The Bertz CT molecular complexity index is 1440. The van der Waals surface area contributed by atoms with E-state index in [1.165, 1.54) is 42.0 Å². The van der Waals surface area contributed by atoms with E-state index in [1.54, 1.807) is 56.4 Å². The Labute approximate surface area is 222 Å². The molecule has 1 heterocycles. The van der Waals surface area contributed by atoms with Crippen LogP contribution in [0.25, 0.3) is 6.08 Å². The van der Waals surface area contributed by atoms with Gasteiger partial charge in [0.15, 0.2) is 16.7 Å². The van der Waals surface area contributed by atoms with Crippen LogP contribution in [0, 0.1) is 12.7 Å². The molecule has 0 spiro atoms. The van der Waals surface area contributed by atoms with Crippen molar-refractivity contribution in [3.05, 3.63) is 92.6 Å². The molecule has 0 radical (unpaired) electrons. The molecule has 0 saturated carbocycles. The third kappa shape index (κ3) is 5.79. The number of ether oxygens (including phenoxy) is 2. The molecule has 1 amide bonds. The number of nitrogens with zero attached hydrogens (tertiary/aromatic N) is 2. The summed E-state index contributed by atoms with van der Waals surface area (Å²) in [5, 5.41) is 10.1. The maximum atomic E-state index is 13.1. The number of carbonyl (C=O) groups is 2. The third-order valence-corrected chi connectivity index (χ3v) is 6.94. The van der Waals surface area contributed by atoms with Gasteiger partial charge in [0.1, 0.15) is 12.4 Å². The fourth-order valence-electron chi connectivity index (χ4n) is 3.58. The summed E-state index contributed by atoms with van der Waals surface area (Å²) >= 11 is 7.65. The number of rotatable bonds is 7. The van der Waals surface area contributed by atoms with Crippen LogP contribution in [0.4, 0.5) is 10.1 Å². The summed E-state index contributed by atoms with van der Waals surface area (Å²) in [6, 6.07) is 14.1. The maximum absolute atomic E-state index is 13.1. The highest BCUT2D eigenvalue weighted by molar-refractivity contribution is 8.18. The van der Waals surface area contributed by atoms with E-state index in [-0.39, 0.29) is 28.9 Å². The van der Waals surface area contributed by atoms with E-state index in [4.69, 9.17) is 21.1 Å². The van der Waals surface area contributed by atoms with E-state index in [0.717, 1.165) is 5.56 Å². The number of carbonyl (C=O) groups excluding carboxylic acids is 1. The monoisotopic (exact) mass is 540 g/mol. The maximum Gasteiger partial charge on any atom is 0.336 e. The Hall–Kier alpha value is -3.82. The number of likely N-dealkylation sites (N-methyl/N-ethyl adjacent to an activating group) is 1. The van der Waals surface area contributed by atoms with Gasteiger partial charge in [0.05, 0.1) is 28.3 Å². The van der Waals surface area contributed by atoms with Crippen LogP contribution >= 0.6 is 23.4 Å². The van der Waals surface area contributed by atoms with Crippen LogP contribution in [0.15, 0.2) is 64.5 Å². The van der Waals surface area contributed by atoms with Crippen molar-refractivity contribution in [2.75, 3.05) is 14.2 Å². The molecule has 7 nitrogen and oxygen atoms in total. The topological polar surface area (TPSA) is 88.4 Å². The van der Waals surface area contributed by atoms with Crippen molar-refractivity contribution in [3.63, 3.8) is 0 Å². The molecule has 37 heavy (non-hydrogen) atoms. The predicted molar refractivity (Wildman–Crippen MR) is 142 cm³/mol. The van der Waals surface area contributed by atoms with Gasteiger partial charge in [0.2, 0.25) is 0 Å². The zero-order valence-corrected chi connectivity index (χ0v) is 21.7. The van der Waals surface area contributed by atoms with Crippen LogP contribution in [-0.4, -0.2) is 41.2 Å². The number of benzene rings is 3. The number of aromatic carboxylic acids is 1. The lowest BCUT2D eigenvalue weighted by Crippen LogP contribution is -2.23.